The summed E-state index contributed by atoms with van der Waals surface area (Å²) in [5.41, 5.74) is 0.994. The fourth-order valence-corrected chi connectivity index (χ4v) is 5.60. The Balaban J connectivity index is 2.22. The van der Waals surface area contributed by atoms with Crippen molar-refractivity contribution in [2.24, 2.45) is 5.41 Å². The quantitative estimate of drug-likeness (QED) is 0.759. The van der Waals surface area contributed by atoms with Crippen molar-refractivity contribution >= 4 is 15.9 Å². The molecule has 0 N–H and O–H groups in total. The van der Waals surface area contributed by atoms with Crippen molar-refractivity contribution in [1.29, 1.82) is 0 Å². The molecule has 0 saturated carbocycles. The van der Waals surface area contributed by atoms with E-state index in [0.29, 0.717) is 24.4 Å². The third-order valence-electron chi connectivity index (χ3n) is 5.17. The van der Waals surface area contributed by atoms with Gasteiger partial charge in [-0.05, 0) is 42.4 Å². The number of sulfonamides is 1. The first-order chi connectivity index (χ1) is 12.6. The number of hydrogen-bond acceptors (Lipinski definition) is 3. The molecule has 1 saturated heterocycles. The molecule has 1 aromatic carbocycles. The lowest BCUT2D eigenvalue weighted by molar-refractivity contribution is -0.136. The fraction of sp³-hybridized carbons (Fsp3) is 0.682. The van der Waals surface area contributed by atoms with Crippen LogP contribution in [0.4, 0.5) is 0 Å². The second-order valence-electron chi connectivity index (χ2n) is 10.3. The first-order valence-corrected chi connectivity index (χ1v) is 11.5. The molecule has 2 rings (SSSR count). The van der Waals surface area contributed by atoms with Gasteiger partial charge in [0.15, 0.2) is 0 Å². The molecule has 1 aromatic rings. The summed E-state index contributed by atoms with van der Waals surface area (Å²) < 4.78 is 28.2. The average Bonchev–Trinajstić information content (AvgIpc) is 2.51. The molecule has 1 amide bonds. The number of piperazine rings is 1. The molecule has 1 aliphatic heterocycles. The predicted octanol–water partition coefficient (Wildman–Crippen LogP) is 4.03. The molecule has 0 radical (unpaired) electrons. The molecule has 1 heterocycles. The van der Waals surface area contributed by atoms with E-state index in [9.17, 15) is 13.2 Å². The summed E-state index contributed by atoms with van der Waals surface area (Å²) in [7, 11) is -3.61. The van der Waals surface area contributed by atoms with Gasteiger partial charge in [-0.3, -0.25) is 4.79 Å². The number of carbonyl (C=O) groups is 1. The Morgan fingerprint density at radius 1 is 0.964 bits per heavy atom. The minimum Gasteiger partial charge on any atom is -0.339 e. The van der Waals surface area contributed by atoms with E-state index in [1.165, 1.54) is 0 Å². The third-order valence-corrected chi connectivity index (χ3v) is 7.31. The maximum Gasteiger partial charge on any atom is 0.243 e. The first-order valence-electron chi connectivity index (χ1n) is 10.0. The van der Waals surface area contributed by atoms with E-state index in [1.807, 2.05) is 51.7 Å². The Kier molecular flexibility index (Phi) is 6.37. The van der Waals surface area contributed by atoms with E-state index in [-0.39, 0.29) is 28.8 Å². The minimum atomic E-state index is -3.61. The number of carbonyl (C=O) groups excluding carboxylic acids is 1. The average molecular weight is 409 g/mol. The van der Waals surface area contributed by atoms with E-state index in [0.717, 1.165) is 5.56 Å². The number of nitrogens with zero attached hydrogens (tertiary/aromatic N) is 2. The molecule has 0 aliphatic carbocycles. The van der Waals surface area contributed by atoms with Crippen molar-refractivity contribution in [3.63, 3.8) is 0 Å². The van der Waals surface area contributed by atoms with E-state index in [4.69, 9.17) is 0 Å². The van der Waals surface area contributed by atoms with Crippen molar-refractivity contribution in [1.82, 2.24) is 9.21 Å². The Hall–Kier alpha value is -1.40. The molecule has 158 valence electrons. The van der Waals surface area contributed by atoms with Crippen molar-refractivity contribution < 1.29 is 13.2 Å². The van der Waals surface area contributed by atoms with Crippen LogP contribution in [0.5, 0.6) is 0 Å². The topological polar surface area (TPSA) is 57.7 Å². The normalized spacial score (nSPS) is 22.4. The van der Waals surface area contributed by atoms with Crippen LogP contribution in [-0.2, 0) is 20.2 Å². The molecule has 0 spiro atoms. The summed E-state index contributed by atoms with van der Waals surface area (Å²) in [4.78, 5) is 14.7. The predicted molar refractivity (Wildman–Crippen MR) is 114 cm³/mol. The van der Waals surface area contributed by atoms with E-state index in [1.54, 1.807) is 16.4 Å². The van der Waals surface area contributed by atoms with Gasteiger partial charge in [-0.1, -0.05) is 53.7 Å². The number of benzene rings is 1. The van der Waals surface area contributed by atoms with Crippen LogP contribution in [0.15, 0.2) is 29.2 Å². The van der Waals surface area contributed by atoms with Gasteiger partial charge >= 0.3 is 0 Å². The van der Waals surface area contributed by atoms with Crippen LogP contribution in [0.2, 0.25) is 0 Å². The van der Waals surface area contributed by atoms with E-state index >= 15 is 0 Å². The summed E-state index contributed by atoms with van der Waals surface area (Å²) in [6.07, 6.45) is 0.466. The zero-order chi connectivity index (χ0) is 21.5. The van der Waals surface area contributed by atoms with Crippen molar-refractivity contribution in [2.45, 2.75) is 84.2 Å². The highest BCUT2D eigenvalue weighted by Crippen LogP contribution is 2.29. The number of hydrogen-bond donors (Lipinski definition) is 0. The molecule has 1 aliphatic rings. The molecule has 2 atom stereocenters. The highest BCUT2D eigenvalue weighted by Gasteiger charge is 2.40. The lowest BCUT2D eigenvalue weighted by atomic mass is 9.87. The summed E-state index contributed by atoms with van der Waals surface area (Å²) in [5.74, 6) is 0.0952. The molecule has 0 bridgehead atoms. The second-order valence-corrected chi connectivity index (χ2v) is 12.2. The van der Waals surface area contributed by atoms with Crippen LogP contribution in [0.25, 0.3) is 0 Å². The molecule has 6 heteroatoms. The van der Waals surface area contributed by atoms with Gasteiger partial charge in [0.2, 0.25) is 15.9 Å². The van der Waals surface area contributed by atoms with Gasteiger partial charge in [-0.15, -0.1) is 0 Å². The minimum absolute atomic E-state index is 0.0259. The van der Waals surface area contributed by atoms with Gasteiger partial charge in [0.25, 0.3) is 0 Å². The molecule has 0 aromatic heterocycles. The van der Waals surface area contributed by atoms with E-state index < -0.39 is 10.0 Å². The molecule has 5 nitrogen and oxygen atoms in total. The standard InChI is InChI=1S/C22H36N2O3S/c1-16-14-23(20(25)13-21(3,4)5)15-17(2)24(16)28(26,27)19-11-9-18(10-12-19)22(6,7)8/h9-12,16-17H,13-15H2,1-8H3/t16-,17?/m1/s1. The smallest absolute Gasteiger partial charge is 0.243 e. The van der Waals surface area contributed by atoms with Gasteiger partial charge in [0.1, 0.15) is 0 Å². The summed E-state index contributed by atoms with van der Waals surface area (Å²) in [6.45, 7) is 17.1. The summed E-state index contributed by atoms with van der Waals surface area (Å²) >= 11 is 0. The fourth-order valence-electron chi connectivity index (χ4n) is 3.80. The van der Waals surface area contributed by atoms with Crippen LogP contribution >= 0.6 is 0 Å². The molecule has 1 fully saturated rings. The largest absolute Gasteiger partial charge is 0.339 e. The zero-order valence-electron chi connectivity index (χ0n) is 18.6. The van der Waals surface area contributed by atoms with Crippen molar-refractivity contribution in [3.8, 4) is 0 Å². The Morgan fingerprint density at radius 3 is 1.82 bits per heavy atom. The van der Waals surface area contributed by atoms with E-state index in [2.05, 4.69) is 20.8 Å². The van der Waals surface area contributed by atoms with Gasteiger partial charge in [-0.25, -0.2) is 8.42 Å². The highest BCUT2D eigenvalue weighted by molar-refractivity contribution is 7.89. The van der Waals surface area contributed by atoms with Crippen LogP contribution in [0.1, 0.15) is 67.4 Å². The Bertz CT molecular complexity index is 790. The van der Waals surface area contributed by atoms with Gasteiger partial charge in [0.05, 0.1) is 4.90 Å². The lowest BCUT2D eigenvalue weighted by Gasteiger charge is -2.44. The maximum absolute atomic E-state index is 13.3. The van der Waals surface area contributed by atoms with Crippen LogP contribution in [0.3, 0.4) is 0 Å². The molecular formula is C22H36N2O3S. The number of rotatable bonds is 3. The number of amides is 1. The summed E-state index contributed by atoms with van der Waals surface area (Å²) in [5, 5.41) is 0. The molecule has 1 unspecified atom stereocenters. The summed E-state index contributed by atoms with van der Waals surface area (Å²) in [6, 6.07) is 6.66. The second kappa shape index (κ2) is 7.79. The van der Waals surface area contributed by atoms with Gasteiger partial charge < -0.3 is 4.90 Å². The van der Waals surface area contributed by atoms with Gasteiger partial charge in [-0.2, -0.15) is 4.31 Å². The third kappa shape index (κ3) is 5.15. The monoisotopic (exact) mass is 408 g/mol. The maximum atomic E-state index is 13.3. The van der Waals surface area contributed by atoms with Crippen molar-refractivity contribution in [2.75, 3.05) is 13.1 Å². The van der Waals surface area contributed by atoms with Crippen molar-refractivity contribution in [3.05, 3.63) is 29.8 Å². The van der Waals surface area contributed by atoms with Crippen LogP contribution in [-0.4, -0.2) is 48.7 Å². The Morgan fingerprint density at radius 2 is 1.43 bits per heavy atom. The molecule has 28 heavy (non-hydrogen) atoms. The zero-order valence-corrected chi connectivity index (χ0v) is 19.4. The molecular weight excluding hydrogens is 372 g/mol. The highest BCUT2D eigenvalue weighted by atomic mass is 32.2. The Labute approximate surface area is 171 Å². The lowest BCUT2D eigenvalue weighted by Crippen LogP contribution is -2.59. The SMILES string of the molecule is CC1CN(C(=O)CC(C)(C)C)C[C@@H](C)N1S(=O)(=O)c1ccc(C(C)(C)C)cc1. The van der Waals surface area contributed by atoms with Gasteiger partial charge in [0, 0.05) is 31.6 Å². The first kappa shape index (κ1) is 22.9. The van der Waals surface area contributed by atoms with Crippen LogP contribution in [0, 0.1) is 5.41 Å². The van der Waals surface area contributed by atoms with Crippen LogP contribution < -0.4 is 0 Å².